The molecule has 1 saturated heterocycles. The fraction of sp³-hybridized carbons (Fsp3) is 0.381. The Morgan fingerprint density at radius 2 is 1.71 bits per heavy atom. The highest BCUT2D eigenvalue weighted by atomic mass is 32.2. The first-order chi connectivity index (χ1) is 16.1. The van der Waals surface area contributed by atoms with Gasteiger partial charge in [-0.05, 0) is 42.5 Å². The molecule has 3 rings (SSSR count). The van der Waals surface area contributed by atoms with Gasteiger partial charge in [0.25, 0.3) is 0 Å². The zero-order valence-corrected chi connectivity index (χ0v) is 18.7. The number of hydrogen-bond donors (Lipinski definition) is 1. The van der Waals surface area contributed by atoms with Gasteiger partial charge in [0, 0.05) is 12.0 Å². The minimum absolute atomic E-state index is 0.0655. The molecular weight excluding hydrogens is 506 g/mol. The van der Waals surface area contributed by atoms with Crippen LogP contribution in [0.3, 0.4) is 0 Å². The Morgan fingerprint density at radius 3 is 2.23 bits per heavy atom. The van der Waals surface area contributed by atoms with Crippen molar-refractivity contribution in [1.29, 1.82) is 5.26 Å². The summed E-state index contributed by atoms with van der Waals surface area (Å²) in [6.45, 7) is 0.326. The summed E-state index contributed by atoms with van der Waals surface area (Å²) in [4.78, 5) is -0.636. The van der Waals surface area contributed by atoms with Gasteiger partial charge in [0.2, 0.25) is 10.0 Å². The average molecular weight is 524 g/mol. The normalized spacial score (nSPS) is 21.5. The van der Waals surface area contributed by atoms with Gasteiger partial charge in [-0.2, -0.15) is 22.7 Å². The van der Waals surface area contributed by atoms with E-state index in [0.29, 0.717) is 18.2 Å². The van der Waals surface area contributed by atoms with Crippen molar-refractivity contribution in [2.75, 3.05) is 19.7 Å². The summed E-state index contributed by atoms with van der Waals surface area (Å²) in [5, 5.41) is 19.2. The van der Waals surface area contributed by atoms with Gasteiger partial charge in [0.05, 0.1) is 29.2 Å². The Kier molecular flexibility index (Phi) is 7.00. The zero-order valence-electron chi connectivity index (χ0n) is 17.9. The minimum atomic E-state index is -4.89. The fourth-order valence-corrected chi connectivity index (χ4v) is 5.23. The number of rotatable bonds is 6. The van der Waals surface area contributed by atoms with Crippen LogP contribution in [0.1, 0.15) is 18.1 Å². The van der Waals surface area contributed by atoms with Crippen LogP contribution in [0.2, 0.25) is 0 Å². The van der Waals surface area contributed by atoms with Crippen LogP contribution in [-0.2, 0) is 16.2 Å². The van der Waals surface area contributed by atoms with Gasteiger partial charge in [-0.15, -0.1) is 13.2 Å². The van der Waals surface area contributed by atoms with E-state index in [9.17, 15) is 45.1 Å². The van der Waals surface area contributed by atoms with E-state index in [1.54, 1.807) is 0 Å². The number of sulfonamides is 1. The van der Waals surface area contributed by atoms with Crippen molar-refractivity contribution < 1.29 is 49.3 Å². The molecule has 0 spiro atoms. The van der Waals surface area contributed by atoms with Gasteiger partial charge in [0.1, 0.15) is 23.7 Å². The van der Waals surface area contributed by atoms with Crippen molar-refractivity contribution in [3.05, 3.63) is 53.6 Å². The molecule has 0 aliphatic carbocycles. The molecule has 0 unspecified atom stereocenters. The molecule has 190 valence electrons. The third kappa shape index (κ3) is 5.80. The molecule has 0 bridgehead atoms. The molecule has 1 heterocycles. The number of nitrogens with zero attached hydrogens (tertiary/aromatic N) is 2. The van der Waals surface area contributed by atoms with Gasteiger partial charge in [-0.3, -0.25) is 0 Å². The molecule has 2 atom stereocenters. The lowest BCUT2D eigenvalue weighted by atomic mass is 9.88. The Balaban J connectivity index is 1.86. The number of halogens is 6. The molecular formula is C21H18F6N2O5S. The molecule has 2 aromatic rings. The number of ether oxygens (including phenoxy) is 2. The Morgan fingerprint density at radius 1 is 1.11 bits per heavy atom. The van der Waals surface area contributed by atoms with Gasteiger partial charge in [0.15, 0.2) is 0 Å². The molecule has 1 fully saturated rings. The quantitative estimate of drug-likeness (QED) is 0.575. The Bertz CT molecular complexity index is 1220. The Hall–Kier alpha value is -3.02. The van der Waals surface area contributed by atoms with Crippen LogP contribution in [0, 0.1) is 16.7 Å². The summed E-state index contributed by atoms with van der Waals surface area (Å²) in [5.41, 5.74) is -3.06. The van der Waals surface area contributed by atoms with Gasteiger partial charge >= 0.3 is 12.5 Å². The van der Waals surface area contributed by atoms with Crippen LogP contribution in [0.5, 0.6) is 11.5 Å². The maximum absolute atomic E-state index is 13.2. The number of aliphatic hydroxyl groups is 1. The van der Waals surface area contributed by atoms with E-state index in [1.807, 2.05) is 0 Å². The van der Waals surface area contributed by atoms with E-state index in [0.717, 1.165) is 16.4 Å². The minimum Gasteiger partial charge on any atom is -0.488 e. The maximum atomic E-state index is 13.2. The summed E-state index contributed by atoms with van der Waals surface area (Å²) in [6.07, 6.45) is -10.6. The highest BCUT2D eigenvalue weighted by Gasteiger charge is 2.49. The van der Waals surface area contributed by atoms with Crippen LogP contribution in [0.25, 0.3) is 0 Å². The van der Waals surface area contributed by atoms with Crippen molar-refractivity contribution in [2.45, 2.75) is 30.5 Å². The SMILES string of the molecule is C[C@@]1(CO)CN(S(=O)(=O)c2ccc(C(F)(F)F)cc2C#N)C[C@@H]1Oc1ccc(OC(F)(F)F)cc1. The molecule has 2 aromatic carbocycles. The first-order valence-electron chi connectivity index (χ1n) is 9.84. The van der Waals surface area contributed by atoms with E-state index in [1.165, 1.54) is 25.1 Å². The van der Waals surface area contributed by atoms with E-state index in [2.05, 4.69) is 4.74 Å². The largest absolute Gasteiger partial charge is 0.573 e. The van der Waals surface area contributed by atoms with E-state index >= 15 is 0 Å². The van der Waals surface area contributed by atoms with Crippen molar-refractivity contribution >= 4 is 10.0 Å². The molecule has 35 heavy (non-hydrogen) atoms. The van der Waals surface area contributed by atoms with Crippen LogP contribution >= 0.6 is 0 Å². The zero-order chi connectivity index (χ0) is 26.2. The second kappa shape index (κ2) is 9.21. The molecule has 0 radical (unpaired) electrons. The number of nitriles is 1. The summed E-state index contributed by atoms with van der Waals surface area (Å²) in [7, 11) is -4.47. The number of benzene rings is 2. The van der Waals surface area contributed by atoms with Crippen molar-refractivity contribution in [3.8, 4) is 17.6 Å². The van der Waals surface area contributed by atoms with Crippen LogP contribution in [0.15, 0.2) is 47.4 Å². The maximum Gasteiger partial charge on any atom is 0.573 e. The van der Waals surface area contributed by atoms with Gasteiger partial charge in [-0.1, -0.05) is 6.92 Å². The third-order valence-corrected chi connectivity index (χ3v) is 7.30. The van der Waals surface area contributed by atoms with Crippen LogP contribution in [-0.4, -0.2) is 50.0 Å². The number of aliphatic hydroxyl groups excluding tert-OH is 1. The average Bonchev–Trinajstić information content (AvgIpc) is 3.10. The van der Waals surface area contributed by atoms with E-state index in [4.69, 9.17) is 4.74 Å². The fourth-order valence-electron chi connectivity index (χ4n) is 3.53. The van der Waals surface area contributed by atoms with Gasteiger partial charge in [-0.25, -0.2) is 8.42 Å². The predicted octanol–water partition coefficient (Wildman–Crippen LogP) is 3.93. The lowest BCUT2D eigenvalue weighted by Crippen LogP contribution is -2.38. The highest BCUT2D eigenvalue weighted by molar-refractivity contribution is 7.89. The Labute approximate surface area is 196 Å². The summed E-state index contributed by atoms with van der Waals surface area (Å²) < 4.78 is 113. The predicted molar refractivity (Wildman–Crippen MR) is 108 cm³/mol. The molecule has 1 aliphatic rings. The topological polar surface area (TPSA) is 99.9 Å². The lowest BCUT2D eigenvalue weighted by molar-refractivity contribution is -0.274. The van der Waals surface area contributed by atoms with E-state index in [-0.39, 0.29) is 18.8 Å². The standard InChI is InChI=1S/C21H18F6N2O5S/c1-19(12-30)11-29(10-18(19)33-15-3-5-16(6-4-15)34-21(25,26)27)35(31,32)17-7-2-14(20(22,23)24)8-13(17)9-28/h2-8,18,30H,10-12H2,1H3/t18-,19-/m0/s1. The van der Waals surface area contributed by atoms with Crippen LogP contribution < -0.4 is 9.47 Å². The first-order valence-corrected chi connectivity index (χ1v) is 11.3. The lowest BCUT2D eigenvalue weighted by Gasteiger charge is -2.28. The number of hydrogen-bond acceptors (Lipinski definition) is 6. The van der Waals surface area contributed by atoms with Gasteiger partial charge < -0.3 is 14.6 Å². The van der Waals surface area contributed by atoms with Crippen LogP contribution in [0.4, 0.5) is 26.3 Å². The number of alkyl halides is 6. The third-order valence-electron chi connectivity index (χ3n) is 5.43. The second-order valence-electron chi connectivity index (χ2n) is 8.06. The smallest absolute Gasteiger partial charge is 0.488 e. The van der Waals surface area contributed by atoms with E-state index < -0.39 is 62.5 Å². The molecule has 7 nitrogen and oxygen atoms in total. The first kappa shape index (κ1) is 26.6. The summed E-state index contributed by atoms with van der Waals surface area (Å²) in [6, 6.07) is 7.46. The molecule has 1 aliphatic heterocycles. The second-order valence-corrected chi connectivity index (χ2v) is 9.96. The summed E-state index contributed by atoms with van der Waals surface area (Å²) >= 11 is 0. The van der Waals surface area contributed by atoms with Crippen molar-refractivity contribution in [2.24, 2.45) is 5.41 Å². The molecule has 1 N–H and O–H groups in total. The highest BCUT2D eigenvalue weighted by Crippen LogP contribution is 2.38. The molecule has 0 aromatic heterocycles. The molecule has 0 saturated carbocycles. The monoisotopic (exact) mass is 524 g/mol. The molecule has 14 heteroatoms. The van der Waals surface area contributed by atoms with Crippen molar-refractivity contribution in [1.82, 2.24) is 4.31 Å². The summed E-state index contributed by atoms with van der Waals surface area (Å²) in [5.74, 6) is -0.438. The van der Waals surface area contributed by atoms with Crippen molar-refractivity contribution in [3.63, 3.8) is 0 Å². The molecule has 0 amide bonds.